The Labute approximate surface area is 204 Å². The Balaban J connectivity index is 2.18. The smallest absolute Gasteiger partial charge is 0.111 e. The minimum Gasteiger partial charge on any atom is -0.498 e. The van der Waals surface area contributed by atoms with Crippen LogP contribution in [-0.2, 0) is 37.9 Å². The standard InChI is InChI=1S/C26H42O8/c1-23(21-33-19-17-31-15-13-29-11-9-27-3)25-5-7-26(8-6-25)24(2)22-34-20-18-32-16-14-30-12-10-28-4/h5-8,21-22H,9-20H2,1-4H3/b23-21+,24-22+. The molecule has 0 aliphatic rings. The van der Waals surface area contributed by atoms with E-state index < -0.39 is 0 Å². The zero-order valence-corrected chi connectivity index (χ0v) is 21.2. The molecule has 1 rings (SSSR count). The third-order valence-corrected chi connectivity index (χ3v) is 4.61. The lowest BCUT2D eigenvalue weighted by Crippen LogP contribution is -2.10. The molecule has 0 spiro atoms. The van der Waals surface area contributed by atoms with Gasteiger partial charge in [-0.25, -0.2) is 0 Å². The van der Waals surface area contributed by atoms with Crippen molar-refractivity contribution in [3.05, 3.63) is 47.9 Å². The van der Waals surface area contributed by atoms with Crippen LogP contribution in [0.4, 0.5) is 0 Å². The third-order valence-electron chi connectivity index (χ3n) is 4.61. The van der Waals surface area contributed by atoms with Crippen LogP contribution in [0.5, 0.6) is 0 Å². The van der Waals surface area contributed by atoms with Crippen LogP contribution in [0.2, 0.25) is 0 Å². The van der Waals surface area contributed by atoms with E-state index >= 15 is 0 Å². The topological polar surface area (TPSA) is 73.8 Å². The molecule has 0 N–H and O–H groups in total. The number of methoxy groups -OCH3 is 2. The van der Waals surface area contributed by atoms with Crippen molar-refractivity contribution in [2.45, 2.75) is 13.8 Å². The van der Waals surface area contributed by atoms with Crippen molar-refractivity contribution >= 4 is 11.1 Å². The van der Waals surface area contributed by atoms with E-state index in [9.17, 15) is 0 Å². The van der Waals surface area contributed by atoms with Crippen LogP contribution in [-0.4, -0.2) is 93.5 Å². The minimum absolute atomic E-state index is 0.497. The van der Waals surface area contributed by atoms with Gasteiger partial charge in [0.25, 0.3) is 0 Å². The second-order valence-corrected chi connectivity index (χ2v) is 7.36. The number of hydrogen-bond acceptors (Lipinski definition) is 8. The van der Waals surface area contributed by atoms with Crippen molar-refractivity contribution in [2.24, 2.45) is 0 Å². The summed E-state index contributed by atoms with van der Waals surface area (Å²) in [6.45, 7) is 10.7. The van der Waals surface area contributed by atoms with Gasteiger partial charge in [0.15, 0.2) is 0 Å². The van der Waals surface area contributed by atoms with E-state index in [1.807, 2.05) is 13.8 Å². The maximum absolute atomic E-state index is 5.59. The molecule has 8 nitrogen and oxygen atoms in total. The van der Waals surface area contributed by atoms with Crippen LogP contribution in [0, 0.1) is 0 Å². The molecule has 0 radical (unpaired) electrons. The highest BCUT2D eigenvalue weighted by Gasteiger charge is 2.00. The number of benzene rings is 1. The van der Waals surface area contributed by atoms with Gasteiger partial charge < -0.3 is 37.9 Å². The number of hydrogen-bond donors (Lipinski definition) is 0. The van der Waals surface area contributed by atoms with Crippen LogP contribution in [0.1, 0.15) is 25.0 Å². The van der Waals surface area contributed by atoms with Gasteiger partial charge in [0, 0.05) is 14.2 Å². The molecule has 1 aromatic carbocycles. The predicted octanol–water partition coefficient (Wildman–Crippen LogP) is 3.80. The van der Waals surface area contributed by atoms with Crippen molar-refractivity contribution in [1.29, 1.82) is 0 Å². The molecule has 0 amide bonds. The lowest BCUT2D eigenvalue weighted by molar-refractivity contribution is 0.0144. The van der Waals surface area contributed by atoms with Crippen molar-refractivity contribution < 1.29 is 37.9 Å². The Morgan fingerprint density at radius 3 is 1.12 bits per heavy atom. The highest BCUT2D eigenvalue weighted by molar-refractivity contribution is 5.68. The van der Waals surface area contributed by atoms with Crippen LogP contribution in [0.25, 0.3) is 11.1 Å². The summed E-state index contributed by atoms with van der Waals surface area (Å²) in [6.07, 6.45) is 3.53. The minimum atomic E-state index is 0.497. The number of rotatable bonds is 22. The lowest BCUT2D eigenvalue weighted by Gasteiger charge is -2.08. The van der Waals surface area contributed by atoms with Gasteiger partial charge in [-0.15, -0.1) is 0 Å². The molecule has 0 unspecified atom stereocenters. The average Bonchev–Trinajstić information content (AvgIpc) is 2.86. The normalized spacial score (nSPS) is 12.2. The molecule has 0 aliphatic heterocycles. The van der Waals surface area contributed by atoms with Gasteiger partial charge in [0.1, 0.15) is 13.2 Å². The first-order chi connectivity index (χ1) is 16.7. The van der Waals surface area contributed by atoms with Crippen molar-refractivity contribution in [3.63, 3.8) is 0 Å². The highest BCUT2D eigenvalue weighted by Crippen LogP contribution is 2.19. The van der Waals surface area contributed by atoms with E-state index in [2.05, 4.69) is 24.3 Å². The molecule has 0 fully saturated rings. The Morgan fingerprint density at radius 1 is 0.500 bits per heavy atom. The van der Waals surface area contributed by atoms with E-state index in [1.54, 1.807) is 26.7 Å². The second kappa shape index (κ2) is 21.6. The second-order valence-electron chi connectivity index (χ2n) is 7.36. The van der Waals surface area contributed by atoms with Crippen LogP contribution >= 0.6 is 0 Å². The third kappa shape index (κ3) is 15.8. The van der Waals surface area contributed by atoms with E-state index in [-0.39, 0.29) is 0 Å². The van der Waals surface area contributed by atoms with Crippen LogP contribution < -0.4 is 0 Å². The van der Waals surface area contributed by atoms with E-state index in [4.69, 9.17) is 37.9 Å². The fourth-order valence-electron chi connectivity index (χ4n) is 2.64. The maximum Gasteiger partial charge on any atom is 0.111 e. The molecule has 0 bridgehead atoms. The quantitative estimate of drug-likeness (QED) is 0.183. The first kappa shape index (κ1) is 30.1. The number of ether oxygens (including phenoxy) is 8. The molecule has 0 saturated heterocycles. The molecule has 1 aromatic rings. The first-order valence-corrected chi connectivity index (χ1v) is 11.7. The summed E-state index contributed by atoms with van der Waals surface area (Å²) in [5, 5.41) is 0. The van der Waals surface area contributed by atoms with E-state index in [1.165, 1.54) is 0 Å². The molecule has 194 valence electrons. The summed E-state index contributed by atoms with van der Waals surface area (Å²) in [6, 6.07) is 8.29. The molecule has 0 aromatic heterocycles. The Hall–Kier alpha value is -1.94. The summed E-state index contributed by atoms with van der Waals surface area (Å²) in [5.74, 6) is 0. The van der Waals surface area contributed by atoms with Crippen molar-refractivity contribution in [1.82, 2.24) is 0 Å². The Morgan fingerprint density at radius 2 is 0.794 bits per heavy atom. The molecule has 0 heterocycles. The summed E-state index contributed by atoms with van der Waals surface area (Å²) >= 11 is 0. The van der Waals surface area contributed by atoms with Gasteiger partial charge in [0.05, 0.1) is 78.6 Å². The Bertz CT molecular complexity index is 600. The van der Waals surface area contributed by atoms with Gasteiger partial charge in [-0.1, -0.05) is 24.3 Å². The average molecular weight is 483 g/mol. The maximum atomic E-state index is 5.59. The summed E-state index contributed by atoms with van der Waals surface area (Å²) in [4.78, 5) is 0. The summed E-state index contributed by atoms with van der Waals surface area (Å²) in [5.41, 5.74) is 4.31. The van der Waals surface area contributed by atoms with E-state index in [0.717, 1.165) is 22.3 Å². The van der Waals surface area contributed by atoms with Gasteiger partial charge in [0.2, 0.25) is 0 Å². The summed E-state index contributed by atoms with van der Waals surface area (Å²) < 4.78 is 42.6. The predicted molar refractivity (Wildman–Crippen MR) is 133 cm³/mol. The van der Waals surface area contributed by atoms with Crippen molar-refractivity contribution in [2.75, 3.05) is 93.5 Å². The zero-order chi connectivity index (χ0) is 24.7. The number of allylic oxidation sites excluding steroid dienone is 2. The molecule has 34 heavy (non-hydrogen) atoms. The fraction of sp³-hybridized carbons (Fsp3) is 0.615. The Kier molecular flexibility index (Phi) is 19.1. The van der Waals surface area contributed by atoms with Crippen LogP contribution in [0.3, 0.4) is 0 Å². The lowest BCUT2D eigenvalue weighted by atomic mass is 10.0. The molecule has 8 heteroatoms. The van der Waals surface area contributed by atoms with Crippen molar-refractivity contribution in [3.8, 4) is 0 Å². The van der Waals surface area contributed by atoms with Gasteiger partial charge in [-0.05, 0) is 36.1 Å². The fourth-order valence-corrected chi connectivity index (χ4v) is 2.64. The largest absolute Gasteiger partial charge is 0.498 e. The van der Waals surface area contributed by atoms with Crippen LogP contribution in [0.15, 0.2) is 36.8 Å². The molecule has 0 saturated carbocycles. The van der Waals surface area contributed by atoms with Gasteiger partial charge in [-0.3, -0.25) is 0 Å². The monoisotopic (exact) mass is 482 g/mol. The van der Waals surface area contributed by atoms with Gasteiger partial charge >= 0.3 is 0 Å². The molecular weight excluding hydrogens is 440 g/mol. The zero-order valence-electron chi connectivity index (χ0n) is 21.2. The van der Waals surface area contributed by atoms with E-state index in [0.29, 0.717) is 79.3 Å². The molecule has 0 aliphatic carbocycles. The molecular formula is C26H42O8. The molecule has 0 atom stereocenters. The first-order valence-electron chi connectivity index (χ1n) is 11.7. The SMILES string of the molecule is COCCOCCOCCO/C=C(\C)c1ccc(/C(C)=C/OCCOCCOCCOC)cc1. The summed E-state index contributed by atoms with van der Waals surface area (Å²) in [7, 11) is 3.30. The van der Waals surface area contributed by atoms with Gasteiger partial charge in [-0.2, -0.15) is 0 Å². The highest BCUT2D eigenvalue weighted by atomic mass is 16.6.